The fraction of sp³-hybridized carbons (Fsp3) is 0.833. The van der Waals surface area contributed by atoms with E-state index in [-0.39, 0.29) is 0 Å². The maximum absolute atomic E-state index is 5.42. The molecule has 1 saturated carbocycles. The monoisotopic (exact) mass is 195 g/mol. The average Bonchev–Trinajstić information content (AvgIpc) is 2.65. The smallest absolute Gasteiger partial charge is 0.0689 e. The Labute approximate surface area is 86.7 Å². The van der Waals surface area contributed by atoms with Gasteiger partial charge < -0.3 is 10.1 Å². The molecule has 1 N–H and O–H groups in total. The molecule has 1 fully saturated rings. The van der Waals surface area contributed by atoms with Gasteiger partial charge in [0.2, 0.25) is 0 Å². The van der Waals surface area contributed by atoms with Crippen molar-refractivity contribution in [2.45, 2.75) is 44.6 Å². The highest BCUT2D eigenvalue weighted by Crippen LogP contribution is 2.28. The number of hydrogen-bond donors (Lipinski definition) is 1. The van der Waals surface area contributed by atoms with E-state index in [9.17, 15) is 0 Å². The van der Waals surface area contributed by atoms with Crippen molar-refractivity contribution >= 4 is 0 Å². The predicted molar refractivity (Wildman–Crippen MR) is 58.4 cm³/mol. The van der Waals surface area contributed by atoms with Gasteiger partial charge in [-0.1, -0.05) is 18.9 Å². The average molecular weight is 195 g/mol. The zero-order valence-corrected chi connectivity index (χ0v) is 9.14. The van der Waals surface area contributed by atoms with Gasteiger partial charge >= 0.3 is 0 Å². The van der Waals surface area contributed by atoms with Gasteiger partial charge in [0, 0.05) is 12.1 Å². The third-order valence-electron chi connectivity index (χ3n) is 3.43. The largest absolute Gasteiger partial charge is 0.377 e. The summed E-state index contributed by atoms with van der Waals surface area (Å²) >= 11 is 0. The van der Waals surface area contributed by atoms with Crippen LogP contribution in [0.4, 0.5) is 0 Å². The first-order valence-corrected chi connectivity index (χ1v) is 5.79. The molecular formula is C12H21NO. The van der Waals surface area contributed by atoms with E-state index in [2.05, 4.69) is 18.3 Å². The molecule has 1 aliphatic carbocycles. The van der Waals surface area contributed by atoms with Gasteiger partial charge in [0.15, 0.2) is 0 Å². The van der Waals surface area contributed by atoms with Gasteiger partial charge in [0.05, 0.1) is 13.2 Å². The summed E-state index contributed by atoms with van der Waals surface area (Å²) in [5, 5.41) is 3.68. The molecule has 0 amide bonds. The fourth-order valence-corrected chi connectivity index (χ4v) is 2.39. The van der Waals surface area contributed by atoms with E-state index in [0.29, 0.717) is 5.54 Å². The molecule has 0 aromatic carbocycles. The van der Waals surface area contributed by atoms with Crippen LogP contribution in [-0.4, -0.2) is 25.3 Å². The van der Waals surface area contributed by atoms with Crippen LogP contribution in [0.1, 0.15) is 39.0 Å². The van der Waals surface area contributed by atoms with Crippen molar-refractivity contribution in [2.24, 2.45) is 0 Å². The summed E-state index contributed by atoms with van der Waals surface area (Å²) in [4.78, 5) is 0. The Balaban J connectivity index is 1.78. The van der Waals surface area contributed by atoms with Crippen molar-refractivity contribution in [3.8, 4) is 0 Å². The molecule has 0 radical (unpaired) electrons. The van der Waals surface area contributed by atoms with E-state index < -0.39 is 0 Å². The van der Waals surface area contributed by atoms with Crippen LogP contribution in [0.3, 0.4) is 0 Å². The Hall–Kier alpha value is -0.340. The van der Waals surface area contributed by atoms with Gasteiger partial charge in [-0.25, -0.2) is 0 Å². The first kappa shape index (κ1) is 10.2. The molecule has 80 valence electrons. The normalized spacial score (nSPS) is 26.2. The molecule has 1 aliphatic heterocycles. The summed E-state index contributed by atoms with van der Waals surface area (Å²) in [6, 6.07) is 0. The van der Waals surface area contributed by atoms with E-state index in [1.54, 1.807) is 0 Å². The third kappa shape index (κ3) is 2.58. The minimum Gasteiger partial charge on any atom is -0.377 e. The molecule has 14 heavy (non-hydrogen) atoms. The van der Waals surface area contributed by atoms with Gasteiger partial charge in [0.25, 0.3) is 0 Å². The maximum Gasteiger partial charge on any atom is 0.0689 e. The molecule has 0 unspecified atom stereocenters. The highest BCUT2D eigenvalue weighted by atomic mass is 16.5. The molecule has 0 aromatic heterocycles. The highest BCUT2D eigenvalue weighted by molar-refractivity contribution is 5.08. The second kappa shape index (κ2) is 4.45. The summed E-state index contributed by atoms with van der Waals surface area (Å²) in [5.74, 6) is 0. The maximum atomic E-state index is 5.42. The zero-order chi connectivity index (χ0) is 9.86. The van der Waals surface area contributed by atoms with Gasteiger partial charge in [0.1, 0.15) is 0 Å². The van der Waals surface area contributed by atoms with E-state index >= 15 is 0 Å². The van der Waals surface area contributed by atoms with Gasteiger partial charge in [-0.05, 0) is 31.8 Å². The van der Waals surface area contributed by atoms with Crippen LogP contribution in [0.15, 0.2) is 11.6 Å². The van der Waals surface area contributed by atoms with Gasteiger partial charge in [-0.3, -0.25) is 0 Å². The SMILES string of the molecule is CC1(NCC2=CCCOC2)CCCC1. The Morgan fingerprint density at radius 2 is 2.21 bits per heavy atom. The standard InChI is InChI=1S/C12H21NO/c1-12(6-2-3-7-12)13-9-11-5-4-8-14-10-11/h5,13H,2-4,6-10H2,1H3. The van der Waals surface area contributed by atoms with Crippen molar-refractivity contribution in [3.63, 3.8) is 0 Å². The Bertz CT molecular complexity index is 216. The van der Waals surface area contributed by atoms with Crippen molar-refractivity contribution in [1.29, 1.82) is 0 Å². The lowest BCUT2D eigenvalue weighted by Crippen LogP contribution is -2.41. The van der Waals surface area contributed by atoms with Gasteiger partial charge in [-0.15, -0.1) is 0 Å². The van der Waals surface area contributed by atoms with E-state index in [1.807, 2.05) is 0 Å². The van der Waals surface area contributed by atoms with E-state index in [0.717, 1.165) is 26.2 Å². The second-order valence-electron chi connectivity index (χ2n) is 4.82. The van der Waals surface area contributed by atoms with Crippen molar-refractivity contribution in [1.82, 2.24) is 5.32 Å². The topological polar surface area (TPSA) is 21.3 Å². The van der Waals surface area contributed by atoms with E-state index in [4.69, 9.17) is 4.74 Å². The van der Waals surface area contributed by atoms with Gasteiger partial charge in [-0.2, -0.15) is 0 Å². The molecule has 0 atom stereocenters. The number of nitrogens with one attached hydrogen (secondary N) is 1. The molecule has 1 heterocycles. The first-order chi connectivity index (χ1) is 6.79. The number of hydrogen-bond acceptors (Lipinski definition) is 2. The lowest BCUT2D eigenvalue weighted by atomic mass is 10.00. The summed E-state index contributed by atoms with van der Waals surface area (Å²) in [5.41, 5.74) is 1.84. The van der Waals surface area contributed by atoms with Crippen LogP contribution in [0, 0.1) is 0 Å². The molecule has 0 aromatic rings. The van der Waals surface area contributed by atoms with Crippen LogP contribution in [0.2, 0.25) is 0 Å². The fourth-order valence-electron chi connectivity index (χ4n) is 2.39. The Morgan fingerprint density at radius 3 is 2.86 bits per heavy atom. The van der Waals surface area contributed by atoms with Crippen molar-refractivity contribution in [3.05, 3.63) is 11.6 Å². The number of ether oxygens (including phenoxy) is 1. The molecule has 2 rings (SSSR count). The lowest BCUT2D eigenvalue weighted by Gasteiger charge is -2.27. The predicted octanol–water partition coefficient (Wildman–Crippen LogP) is 2.26. The van der Waals surface area contributed by atoms with Crippen LogP contribution in [0.5, 0.6) is 0 Å². The van der Waals surface area contributed by atoms with Crippen LogP contribution in [-0.2, 0) is 4.74 Å². The van der Waals surface area contributed by atoms with E-state index in [1.165, 1.54) is 31.3 Å². The molecule has 0 spiro atoms. The molecular weight excluding hydrogens is 174 g/mol. The summed E-state index contributed by atoms with van der Waals surface area (Å²) in [6.45, 7) is 5.12. The molecule has 2 nitrogen and oxygen atoms in total. The minimum atomic E-state index is 0.401. The number of rotatable bonds is 3. The lowest BCUT2D eigenvalue weighted by molar-refractivity contribution is 0.147. The zero-order valence-electron chi connectivity index (χ0n) is 9.14. The molecule has 2 heteroatoms. The summed E-state index contributed by atoms with van der Waals surface area (Å²) in [7, 11) is 0. The molecule has 0 bridgehead atoms. The van der Waals surface area contributed by atoms with Crippen molar-refractivity contribution < 1.29 is 4.74 Å². The quantitative estimate of drug-likeness (QED) is 0.697. The molecule has 0 saturated heterocycles. The summed E-state index contributed by atoms with van der Waals surface area (Å²) < 4.78 is 5.42. The second-order valence-corrected chi connectivity index (χ2v) is 4.82. The van der Waals surface area contributed by atoms with Crippen LogP contribution < -0.4 is 5.32 Å². The van der Waals surface area contributed by atoms with Crippen LogP contribution >= 0.6 is 0 Å². The molecule has 2 aliphatic rings. The summed E-state index contributed by atoms with van der Waals surface area (Å²) in [6.07, 6.45) is 8.86. The minimum absolute atomic E-state index is 0.401. The third-order valence-corrected chi connectivity index (χ3v) is 3.43. The van der Waals surface area contributed by atoms with Crippen molar-refractivity contribution in [2.75, 3.05) is 19.8 Å². The first-order valence-electron chi connectivity index (χ1n) is 5.79. The van der Waals surface area contributed by atoms with Crippen LogP contribution in [0.25, 0.3) is 0 Å². The Kier molecular flexibility index (Phi) is 3.24. The Morgan fingerprint density at radius 1 is 1.43 bits per heavy atom. The highest BCUT2D eigenvalue weighted by Gasteiger charge is 2.27.